The molecule has 0 aliphatic heterocycles. The molecule has 0 spiro atoms. The minimum absolute atomic E-state index is 0.156. The fourth-order valence-corrected chi connectivity index (χ4v) is 3.78. The van der Waals surface area contributed by atoms with Gasteiger partial charge in [-0.3, -0.25) is 14.2 Å². The van der Waals surface area contributed by atoms with Crippen molar-refractivity contribution < 1.29 is 4.79 Å². The maximum Gasteiger partial charge on any atom is 0.264 e. The summed E-state index contributed by atoms with van der Waals surface area (Å²) < 4.78 is 3.17. The van der Waals surface area contributed by atoms with Crippen molar-refractivity contribution in [3.05, 3.63) is 92.1 Å². The molecule has 2 aromatic heterocycles. The summed E-state index contributed by atoms with van der Waals surface area (Å²) in [5, 5.41) is 8.23. The first-order chi connectivity index (χ1) is 14.9. The van der Waals surface area contributed by atoms with Crippen LogP contribution in [0.15, 0.2) is 59.8 Å². The third-order valence-corrected chi connectivity index (χ3v) is 5.56. The number of carbonyl (C=O) groups is 1. The fraction of sp³-hybridized carbons (Fsp3) is 0.182. The number of hydrogen-bond acceptors (Lipinski definition) is 4. The third-order valence-electron chi connectivity index (χ3n) is 5.01. The van der Waals surface area contributed by atoms with E-state index in [0.717, 1.165) is 11.1 Å². The van der Waals surface area contributed by atoms with E-state index in [0.29, 0.717) is 41.3 Å². The molecule has 0 aliphatic rings. The fourth-order valence-electron chi connectivity index (χ4n) is 3.29. The molecule has 1 amide bonds. The Bertz CT molecular complexity index is 1330. The Kier molecular flexibility index (Phi) is 6.06. The minimum Gasteiger partial charge on any atom is -0.350 e. The van der Waals surface area contributed by atoms with Gasteiger partial charge in [-0.1, -0.05) is 47.5 Å². The molecule has 9 heteroatoms. The molecule has 31 heavy (non-hydrogen) atoms. The monoisotopic (exact) mass is 455 g/mol. The van der Waals surface area contributed by atoms with E-state index in [2.05, 4.69) is 15.4 Å². The van der Waals surface area contributed by atoms with Gasteiger partial charge in [-0.05, 0) is 36.2 Å². The molecule has 158 valence electrons. The van der Waals surface area contributed by atoms with Crippen LogP contribution in [0.1, 0.15) is 21.5 Å². The molecule has 2 heterocycles. The number of fused-ring (bicyclic) bond motifs is 1. The summed E-state index contributed by atoms with van der Waals surface area (Å²) in [4.78, 5) is 29.6. The quantitative estimate of drug-likeness (QED) is 0.480. The van der Waals surface area contributed by atoms with Gasteiger partial charge in [-0.2, -0.15) is 5.10 Å². The first-order valence-electron chi connectivity index (χ1n) is 9.63. The molecule has 4 aromatic rings. The van der Waals surface area contributed by atoms with Crippen molar-refractivity contribution in [3.63, 3.8) is 0 Å². The van der Waals surface area contributed by atoms with Gasteiger partial charge in [0.1, 0.15) is 11.7 Å². The summed E-state index contributed by atoms with van der Waals surface area (Å²) in [6.45, 7) is 3.10. The second-order valence-electron chi connectivity index (χ2n) is 7.09. The van der Waals surface area contributed by atoms with E-state index in [1.807, 2.05) is 31.2 Å². The highest BCUT2D eigenvalue weighted by molar-refractivity contribution is 6.36. The predicted octanol–water partition coefficient (Wildman–Crippen LogP) is 3.69. The zero-order valence-corrected chi connectivity index (χ0v) is 18.2. The smallest absolute Gasteiger partial charge is 0.264 e. The summed E-state index contributed by atoms with van der Waals surface area (Å²) in [5.41, 5.74) is 2.83. The van der Waals surface area contributed by atoms with Crippen molar-refractivity contribution in [1.29, 1.82) is 0 Å². The summed E-state index contributed by atoms with van der Waals surface area (Å²) in [6.07, 6.45) is 3.04. The summed E-state index contributed by atoms with van der Waals surface area (Å²) in [7, 11) is 0. The number of aromatic nitrogens is 4. The number of rotatable bonds is 6. The van der Waals surface area contributed by atoms with Gasteiger partial charge in [0.2, 0.25) is 0 Å². The number of hydrogen-bond donors (Lipinski definition) is 1. The van der Waals surface area contributed by atoms with Gasteiger partial charge in [0.25, 0.3) is 11.5 Å². The van der Waals surface area contributed by atoms with Crippen LogP contribution in [0.4, 0.5) is 0 Å². The van der Waals surface area contributed by atoms with Crippen molar-refractivity contribution in [2.75, 3.05) is 6.54 Å². The molecule has 0 saturated carbocycles. The van der Waals surface area contributed by atoms with Gasteiger partial charge in [0.15, 0.2) is 5.65 Å². The first kappa shape index (κ1) is 21.1. The Hall–Kier alpha value is -3.16. The zero-order valence-electron chi connectivity index (χ0n) is 16.7. The van der Waals surface area contributed by atoms with E-state index in [1.54, 1.807) is 21.4 Å². The molecule has 7 nitrogen and oxygen atoms in total. The van der Waals surface area contributed by atoms with Crippen LogP contribution in [0.2, 0.25) is 10.0 Å². The topological polar surface area (TPSA) is 81.8 Å². The number of halogens is 2. The van der Waals surface area contributed by atoms with Gasteiger partial charge >= 0.3 is 0 Å². The van der Waals surface area contributed by atoms with Crippen molar-refractivity contribution in [2.24, 2.45) is 0 Å². The summed E-state index contributed by atoms with van der Waals surface area (Å²) >= 11 is 11.9. The van der Waals surface area contributed by atoms with Crippen LogP contribution < -0.4 is 10.9 Å². The van der Waals surface area contributed by atoms with Gasteiger partial charge in [0, 0.05) is 11.6 Å². The van der Waals surface area contributed by atoms with Crippen LogP contribution in [0, 0.1) is 6.92 Å². The van der Waals surface area contributed by atoms with Crippen molar-refractivity contribution in [1.82, 2.24) is 24.6 Å². The number of aryl methyl sites for hydroxylation is 1. The van der Waals surface area contributed by atoms with E-state index in [-0.39, 0.29) is 16.5 Å². The Labute approximate surface area is 188 Å². The lowest BCUT2D eigenvalue weighted by Gasteiger charge is -2.09. The van der Waals surface area contributed by atoms with Gasteiger partial charge in [-0.25, -0.2) is 9.67 Å². The van der Waals surface area contributed by atoms with Crippen LogP contribution in [0.3, 0.4) is 0 Å². The molecule has 0 saturated heterocycles. The van der Waals surface area contributed by atoms with Crippen LogP contribution >= 0.6 is 23.2 Å². The lowest BCUT2D eigenvalue weighted by Crippen LogP contribution is -2.28. The third kappa shape index (κ3) is 4.47. The van der Waals surface area contributed by atoms with Crippen LogP contribution in [-0.4, -0.2) is 31.8 Å². The number of nitrogens with one attached hydrogen (secondary N) is 1. The molecule has 2 aromatic carbocycles. The summed E-state index contributed by atoms with van der Waals surface area (Å²) in [5.74, 6) is -0.313. The van der Waals surface area contributed by atoms with Crippen LogP contribution in [0.25, 0.3) is 11.0 Å². The van der Waals surface area contributed by atoms with Crippen LogP contribution in [-0.2, 0) is 13.1 Å². The van der Waals surface area contributed by atoms with Crippen molar-refractivity contribution in [2.45, 2.75) is 20.0 Å². The van der Waals surface area contributed by atoms with Crippen molar-refractivity contribution >= 4 is 40.1 Å². The van der Waals surface area contributed by atoms with Crippen molar-refractivity contribution in [3.8, 4) is 0 Å². The van der Waals surface area contributed by atoms with E-state index in [4.69, 9.17) is 23.2 Å². The average Bonchev–Trinajstić information content (AvgIpc) is 3.15. The largest absolute Gasteiger partial charge is 0.350 e. The Morgan fingerprint density at radius 3 is 2.74 bits per heavy atom. The Morgan fingerprint density at radius 1 is 1.16 bits per heavy atom. The highest BCUT2D eigenvalue weighted by atomic mass is 35.5. The first-order valence-corrected chi connectivity index (χ1v) is 10.4. The van der Waals surface area contributed by atoms with E-state index in [1.165, 1.54) is 18.6 Å². The van der Waals surface area contributed by atoms with Gasteiger partial charge < -0.3 is 5.32 Å². The highest BCUT2D eigenvalue weighted by Crippen LogP contribution is 2.20. The molecule has 0 radical (unpaired) electrons. The molecule has 1 N–H and O–H groups in total. The molecule has 0 bridgehead atoms. The number of amides is 1. The number of nitrogens with zero attached hydrogens (tertiary/aromatic N) is 4. The lowest BCUT2D eigenvalue weighted by molar-refractivity contribution is 0.0952. The maximum atomic E-state index is 12.9. The summed E-state index contributed by atoms with van der Waals surface area (Å²) in [6, 6.07) is 12.6. The predicted molar refractivity (Wildman–Crippen MR) is 121 cm³/mol. The molecule has 4 rings (SSSR count). The van der Waals surface area contributed by atoms with E-state index >= 15 is 0 Å². The normalized spacial score (nSPS) is 11.1. The van der Waals surface area contributed by atoms with Crippen LogP contribution in [0.5, 0.6) is 0 Å². The van der Waals surface area contributed by atoms with E-state index in [9.17, 15) is 9.59 Å². The molecule has 0 unspecified atom stereocenters. The molecular weight excluding hydrogens is 437 g/mol. The molecular formula is C22H19Cl2N5O2. The number of carbonyl (C=O) groups excluding carboxylic acids is 1. The molecule has 0 aliphatic carbocycles. The second-order valence-corrected chi connectivity index (χ2v) is 7.93. The van der Waals surface area contributed by atoms with Gasteiger partial charge in [0.05, 0.1) is 29.9 Å². The minimum atomic E-state index is -0.313. The Balaban J connectivity index is 1.47. The second kappa shape index (κ2) is 8.91. The lowest BCUT2D eigenvalue weighted by atomic mass is 10.1. The standard InChI is InChI=1S/C22H19Cl2N5O2/c1-14-4-2-3-5-15(14)12-28-13-26-20-18(22(28)31)11-27-29(20)9-8-25-21(30)17-7-6-16(23)10-19(17)24/h2-7,10-11,13H,8-9,12H2,1H3,(H,25,30). The Morgan fingerprint density at radius 2 is 1.97 bits per heavy atom. The molecule has 0 fully saturated rings. The number of benzene rings is 2. The van der Waals surface area contributed by atoms with E-state index < -0.39 is 0 Å². The zero-order chi connectivity index (χ0) is 22.0. The maximum absolute atomic E-state index is 12.9. The van der Waals surface area contributed by atoms with Gasteiger partial charge in [-0.15, -0.1) is 0 Å². The average molecular weight is 456 g/mol. The molecule has 0 atom stereocenters. The highest BCUT2D eigenvalue weighted by Gasteiger charge is 2.13. The SMILES string of the molecule is Cc1ccccc1Cn1cnc2c(cnn2CCNC(=O)c2ccc(Cl)cc2Cl)c1=O.